The van der Waals surface area contributed by atoms with Crippen LogP contribution in [0.4, 0.5) is 5.69 Å². The zero-order valence-corrected chi connectivity index (χ0v) is 15.2. The van der Waals surface area contributed by atoms with E-state index >= 15 is 0 Å². The van der Waals surface area contributed by atoms with E-state index in [9.17, 15) is 0 Å². The first kappa shape index (κ1) is 18.1. The minimum Gasteiger partial charge on any atom is -0.379 e. The highest BCUT2D eigenvalue weighted by atomic mass is 16.5. The molecule has 1 saturated heterocycles. The van der Waals surface area contributed by atoms with Crippen LogP contribution in [0.15, 0.2) is 12.4 Å². The highest BCUT2D eigenvalue weighted by Crippen LogP contribution is 2.16. The normalized spacial score (nSPS) is 16.5. The van der Waals surface area contributed by atoms with Gasteiger partial charge in [-0.1, -0.05) is 13.8 Å². The SMILES string of the molecule is CC(C)OCCCCN1CCN(c2cnc(C(C)C)nc2)CC1. The number of piperazine rings is 1. The molecule has 0 radical (unpaired) electrons. The third-order valence-electron chi connectivity index (χ3n) is 4.23. The van der Waals surface area contributed by atoms with Gasteiger partial charge in [-0.3, -0.25) is 4.90 Å². The summed E-state index contributed by atoms with van der Waals surface area (Å²) in [4.78, 5) is 13.9. The fraction of sp³-hybridized carbons (Fsp3) is 0.778. The van der Waals surface area contributed by atoms with E-state index in [0.717, 1.165) is 50.7 Å². The monoisotopic (exact) mass is 320 g/mol. The van der Waals surface area contributed by atoms with Gasteiger partial charge >= 0.3 is 0 Å². The number of hydrogen-bond donors (Lipinski definition) is 0. The zero-order valence-electron chi connectivity index (χ0n) is 15.2. The molecule has 0 aliphatic carbocycles. The average molecular weight is 320 g/mol. The standard InChI is InChI=1S/C18H32N4O/c1-15(2)18-19-13-17(14-20-18)22-10-8-21(9-11-22)7-5-6-12-23-16(3)4/h13-16H,5-12H2,1-4H3. The first-order chi connectivity index (χ1) is 11.1. The van der Waals surface area contributed by atoms with E-state index in [1.807, 2.05) is 12.4 Å². The molecule has 1 aliphatic heterocycles. The highest BCUT2D eigenvalue weighted by Gasteiger charge is 2.17. The van der Waals surface area contributed by atoms with Crippen LogP contribution in [0.2, 0.25) is 0 Å². The molecule has 1 aromatic rings. The summed E-state index contributed by atoms with van der Waals surface area (Å²) < 4.78 is 5.59. The van der Waals surface area contributed by atoms with Crippen molar-refractivity contribution < 1.29 is 4.74 Å². The maximum atomic E-state index is 5.59. The van der Waals surface area contributed by atoms with Crippen LogP contribution in [0, 0.1) is 0 Å². The fourth-order valence-electron chi connectivity index (χ4n) is 2.78. The lowest BCUT2D eigenvalue weighted by atomic mass is 10.2. The van der Waals surface area contributed by atoms with Gasteiger partial charge in [0.2, 0.25) is 0 Å². The fourth-order valence-corrected chi connectivity index (χ4v) is 2.78. The summed E-state index contributed by atoms with van der Waals surface area (Å²) in [5.74, 6) is 1.32. The molecule has 0 spiro atoms. The van der Waals surface area contributed by atoms with Gasteiger partial charge in [-0.2, -0.15) is 0 Å². The molecule has 0 amide bonds. The molecule has 1 aliphatic rings. The Bertz CT molecular complexity index is 439. The second kappa shape index (κ2) is 9.18. The van der Waals surface area contributed by atoms with Gasteiger partial charge in [-0.25, -0.2) is 9.97 Å². The van der Waals surface area contributed by atoms with Crippen molar-refractivity contribution in [1.29, 1.82) is 0 Å². The number of rotatable bonds is 8. The van der Waals surface area contributed by atoms with E-state index in [2.05, 4.69) is 47.5 Å². The third-order valence-corrected chi connectivity index (χ3v) is 4.23. The summed E-state index contributed by atoms with van der Waals surface area (Å²) in [7, 11) is 0. The molecule has 0 aromatic carbocycles. The predicted molar refractivity (Wildman–Crippen MR) is 95.1 cm³/mol. The van der Waals surface area contributed by atoms with Gasteiger partial charge in [0.25, 0.3) is 0 Å². The van der Waals surface area contributed by atoms with Crippen molar-refractivity contribution in [2.75, 3.05) is 44.2 Å². The molecule has 1 fully saturated rings. The summed E-state index contributed by atoms with van der Waals surface area (Å²) in [5, 5.41) is 0. The summed E-state index contributed by atoms with van der Waals surface area (Å²) in [6.07, 6.45) is 6.67. The molecule has 23 heavy (non-hydrogen) atoms. The number of anilines is 1. The first-order valence-corrected chi connectivity index (χ1v) is 8.97. The Balaban J connectivity index is 1.67. The number of unbranched alkanes of at least 4 members (excludes halogenated alkanes) is 1. The minimum atomic E-state index is 0.350. The van der Waals surface area contributed by atoms with Crippen molar-refractivity contribution >= 4 is 5.69 Å². The van der Waals surface area contributed by atoms with Gasteiger partial charge in [0, 0.05) is 38.7 Å². The summed E-state index contributed by atoms with van der Waals surface area (Å²) in [6.45, 7) is 14.9. The highest BCUT2D eigenvalue weighted by molar-refractivity contribution is 5.42. The predicted octanol–water partition coefficient (Wildman–Crippen LogP) is 2.93. The molecule has 2 heterocycles. The molecule has 5 nitrogen and oxygen atoms in total. The van der Waals surface area contributed by atoms with Crippen LogP contribution in [-0.2, 0) is 4.74 Å². The van der Waals surface area contributed by atoms with Crippen LogP contribution in [0.3, 0.4) is 0 Å². The van der Waals surface area contributed by atoms with E-state index in [4.69, 9.17) is 4.74 Å². The van der Waals surface area contributed by atoms with Crippen molar-refractivity contribution in [2.24, 2.45) is 0 Å². The van der Waals surface area contributed by atoms with Crippen molar-refractivity contribution in [3.63, 3.8) is 0 Å². The first-order valence-electron chi connectivity index (χ1n) is 8.97. The Morgan fingerprint density at radius 3 is 2.22 bits per heavy atom. The lowest BCUT2D eigenvalue weighted by Gasteiger charge is -2.35. The van der Waals surface area contributed by atoms with Crippen LogP contribution in [0.25, 0.3) is 0 Å². The second-order valence-corrected chi connectivity index (χ2v) is 6.91. The topological polar surface area (TPSA) is 41.5 Å². The smallest absolute Gasteiger partial charge is 0.130 e. The van der Waals surface area contributed by atoms with E-state index < -0.39 is 0 Å². The molecule has 130 valence electrons. The summed E-state index contributed by atoms with van der Waals surface area (Å²) in [5.41, 5.74) is 1.15. The van der Waals surface area contributed by atoms with E-state index in [1.165, 1.54) is 13.0 Å². The van der Waals surface area contributed by atoms with Crippen LogP contribution in [0.1, 0.15) is 52.3 Å². The quantitative estimate of drug-likeness (QED) is 0.689. The Labute approximate surface area is 141 Å². The molecular weight excluding hydrogens is 288 g/mol. The number of hydrogen-bond acceptors (Lipinski definition) is 5. The Morgan fingerprint density at radius 2 is 1.65 bits per heavy atom. The van der Waals surface area contributed by atoms with Crippen molar-refractivity contribution in [3.05, 3.63) is 18.2 Å². The number of nitrogens with zero attached hydrogens (tertiary/aromatic N) is 4. The van der Waals surface area contributed by atoms with Crippen LogP contribution in [0.5, 0.6) is 0 Å². The molecule has 0 unspecified atom stereocenters. The van der Waals surface area contributed by atoms with Gasteiger partial charge < -0.3 is 9.64 Å². The molecule has 0 N–H and O–H groups in total. The molecule has 2 rings (SSSR count). The van der Waals surface area contributed by atoms with E-state index in [-0.39, 0.29) is 0 Å². The van der Waals surface area contributed by atoms with Crippen molar-refractivity contribution in [3.8, 4) is 0 Å². The Kier molecular flexibility index (Phi) is 7.24. The largest absolute Gasteiger partial charge is 0.379 e. The molecule has 0 atom stereocenters. The van der Waals surface area contributed by atoms with Gasteiger partial charge in [-0.15, -0.1) is 0 Å². The Morgan fingerprint density at radius 1 is 1.00 bits per heavy atom. The lowest BCUT2D eigenvalue weighted by molar-refractivity contribution is 0.0740. The zero-order chi connectivity index (χ0) is 16.7. The van der Waals surface area contributed by atoms with Gasteiger partial charge in [0.15, 0.2) is 0 Å². The van der Waals surface area contributed by atoms with Gasteiger partial charge in [-0.05, 0) is 33.2 Å². The van der Waals surface area contributed by atoms with Crippen LogP contribution in [-0.4, -0.2) is 60.3 Å². The van der Waals surface area contributed by atoms with Gasteiger partial charge in [0.05, 0.1) is 24.2 Å². The maximum Gasteiger partial charge on any atom is 0.130 e. The molecule has 0 bridgehead atoms. The maximum absolute atomic E-state index is 5.59. The second-order valence-electron chi connectivity index (χ2n) is 6.91. The number of aromatic nitrogens is 2. The van der Waals surface area contributed by atoms with Crippen LogP contribution >= 0.6 is 0 Å². The van der Waals surface area contributed by atoms with Gasteiger partial charge in [0.1, 0.15) is 5.82 Å². The molecule has 5 heteroatoms. The van der Waals surface area contributed by atoms with Crippen LogP contribution < -0.4 is 4.90 Å². The van der Waals surface area contributed by atoms with E-state index in [0.29, 0.717) is 12.0 Å². The molecular formula is C18H32N4O. The summed E-state index contributed by atoms with van der Waals surface area (Å²) in [6, 6.07) is 0. The van der Waals surface area contributed by atoms with Crippen molar-refractivity contribution in [1.82, 2.24) is 14.9 Å². The molecule has 0 saturated carbocycles. The minimum absolute atomic E-state index is 0.350. The number of ether oxygens (including phenoxy) is 1. The Hall–Kier alpha value is -1.20. The molecule has 1 aromatic heterocycles. The van der Waals surface area contributed by atoms with E-state index in [1.54, 1.807) is 0 Å². The average Bonchev–Trinajstić information content (AvgIpc) is 2.55. The third kappa shape index (κ3) is 6.07. The lowest BCUT2D eigenvalue weighted by Crippen LogP contribution is -2.46. The van der Waals surface area contributed by atoms with Crippen molar-refractivity contribution in [2.45, 2.75) is 52.6 Å². The summed E-state index contributed by atoms with van der Waals surface area (Å²) >= 11 is 0.